The van der Waals surface area contributed by atoms with E-state index in [1.54, 1.807) is 0 Å². The predicted octanol–water partition coefficient (Wildman–Crippen LogP) is 4.63. The van der Waals surface area contributed by atoms with E-state index >= 15 is 0 Å². The van der Waals surface area contributed by atoms with Gasteiger partial charge in [-0.05, 0) is 36.8 Å². The van der Waals surface area contributed by atoms with Gasteiger partial charge in [-0.1, -0.05) is 34.1 Å². The normalized spacial score (nSPS) is 21.0. The summed E-state index contributed by atoms with van der Waals surface area (Å²) in [5, 5.41) is 0. The van der Waals surface area contributed by atoms with Crippen LogP contribution in [-0.4, -0.2) is 12.0 Å². The third kappa shape index (κ3) is 2.70. The highest BCUT2D eigenvalue weighted by atomic mass is 79.9. The van der Waals surface area contributed by atoms with E-state index in [4.69, 9.17) is 4.74 Å². The van der Waals surface area contributed by atoms with Gasteiger partial charge in [-0.3, -0.25) is 0 Å². The molecule has 1 aliphatic rings. The van der Waals surface area contributed by atoms with Crippen LogP contribution in [0.1, 0.15) is 24.1 Å². The average molecular weight is 352 g/mol. The second kappa shape index (κ2) is 5.56. The van der Waals surface area contributed by atoms with Crippen molar-refractivity contribution >= 4 is 21.8 Å². The monoisotopic (exact) mass is 351 g/mol. The fraction of sp³-hybridized carbons (Fsp3) is 0.188. The standard InChI is InChI=1S/C16H12BrF2NO/c1-9-15(10-5-7-11(17)8-6-10)20-16(21-9)14-12(18)3-2-4-13(14)19/h2-9,15H,1H3/t9-,15-/m0/s1. The molecule has 5 heteroatoms. The van der Waals surface area contributed by atoms with E-state index in [1.807, 2.05) is 31.2 Å². The summed E-state index contributed by atoms with van der Waals surface area (Å²) in [6.07, 6.45) is -0.278. The summed E-state index contributed by atoms with van der Waals surface area (Å²) in [5.74, 6) is -1.32. The van der Waals surface area contributed by atoms with Crippen LogP contribution >= 0.6 is 15.9 Å². The summed E-state index contributed by atoms with van der Waals surface area (Å²) in [6.45, 7) is 1.84. The van der Waals surface area contributed by atoms with E-state index in [2.05, 4.69) is 20.9 Å². The Balaban J connectivity index is 1.99. The summed E-state index contributed by atoms with van der Waals surface area (Å²) < 4.78 is 34.1. The Morgan fingerprint density at radius 1 is 1.05 bits per heavy atom. The lowest BCUT2D eigenvalue weighted by atomic mass is 10.0. The number of nitrogens with zero attached hydrogens (tertiary/aromatic N) is 1. The molecular formula is C16H12BrF2NO. The van der Waals surface area contributed by atoms with Gasteiger partial charge in [-0.2, -0.15) is 0 Å². The van der Waals surface area contributed by atoms with E-state index in [0.29, 0.717) is 0 Å². The van der Waals surface area contributed by atoms with Gasteiger partial charge in [0.25, 0.3) is 0 Å². The first kappa shape index (κ1) is 14.2. The van der Waals surface area contributed by atoms with Crippen LogP contribution < -0.4 is 0 Å². The van der Waals surface area contributed by atoms with E-state index < -0.39 is 11.6 Å². The highest BCUT2D eigenvalue weighted by molar-refractivity contribution is 9.10. The first-order valence-electron chi connectivity index (χ1n) is 6.50. The van der Waals surface area contributed by atoms with E-state index in [9.17, 15) is 8.78 Å². The van der Waals surface area contributed by atoms with Crippen LogP contribution in [0.2, 0.25) is 0 Å². The van der Waals surface area contributed by atoms with Gasteiger partial charge in [-0.25, -0.2) is 13.8 Å². The maximum absolute atomic E-state index is 13.8. The Bertz CT molecular complexity index is 680. The number of halogens is 3. The molecule has 0 spiro atoms. The Kier molecular flexibility index (Phi) is 3.76. The topological polar surface area (TPSA) is 21.6 Å². The molecular weight excluding hydrogens is 340 g/mol. The van der Waals surface area contributed by atoms with Crippen LogP contribution in [0, 0.1) is 11.6 Å². The van der Waals surface area contributed by atoms with Crippen molar-refractivity contribution in [1.82, 2.24) is 0 Å². The number of ether oxygens (including phenoxy) is 1. The molecule has 2 atom stereocenters. The third-order valence-corrected chi connectivity index (χ3v) is 3.92. The van der Waals surface area contributed by atoms with Gasteiger partial charge in [0.05, 0.1) is 0 Å². The average Bonchev–Trinajstić information content (AvgIpc) is 2.81. The Morgan fingerprint density at radius 3 is 2.29 bits per heavy atom. The molecule has 0 fully saturated rings. The van der Waals surface area contributed by atoms with E-state index in [-0.39, 0.29) is 23.6 Å². The van der Waals surface area contributed by atoms with Crippen molar-refractivity contribution < 1.29 is 13.5 Å². The minimum atomic E-state index is -0.669. The SMILES string of the molecule is C[C@@H]1OC(c2c(F)cccc2F)=N[C@@H]1c1ccc(Br)cc1. The van der Waals surface area contributed by atoms with Crippen LogP contribution in [0.3, 0.4) is 0 Å². The molecule has 0 saturated heterocycles. The lowest BCUT2D eigenvalue weighted by Crippen LogP contribution is -2.14. The van der Waals surface area contributed by atoms with Crippen molar-refractivity contribution in [1.29, 1.82) is 0 Å². The summed E-state index contributed by atoms with van der Waals surface area (Å²) >= 11 is 3.37. The first-order valence-corrected chi connectivity index (χ1v) is 7.30. The van der Waals surface area contributed by atoms with Gasteiger partial charge in [0.2, 0.25) is 5.90 Å². The summed E-state index contributed by atoms with van der Waals surface area (Å²) in [4.78, 5) is 4.36. The lowest BCUT2D eigenvalue weighted by Gasteiger charge is -2.13. The highest BCUT2D eigenvalue weighted by Crippen LogP contribution is 2.32. The smallest absolute Gasteiger partial charge is 0.223 e. The lowest BCUT2D eigenvalue weighted by molar-refractivity contribution is 0.213. The summed E-state index contributed by atoms with van der Waals surface area (Å²) in [7, 11) is 0. The zero-order valence-corrected chi connectivity index (χ0v) is 12.8. The fourth-order valence-electron chi connectivity index (χ4n) is 2.33. The van der Waals surface area contributed by atoms with Crippen LogP contribution in [-0.2, 0) is 4.74 Å². The van der Waals surface area contributed by atoms with Crippen LogP contribution in [0.25, 0.3) is 0 Å². The molecule has 0 N–H and O–H groups in total. The molecule has 1 aliphatic heterocycles. The molecule has 0 radical (unpaired) electrons. The van der Waals surface area contributed by atoms with Gasteiger partial charge in [0.1, 0.15) is 29.3 Å². The van der Waals surface area contributed by atoms with Crippen molar-refractivity contribution in [2.75, 3.05) is 0 Å². The molecule has 0 aliphatic carbocycles. The van der Waals surface area contributed by atoms with E-state index in [0.717, 1.165) is 10.0 Å². The molecule has 3 rings (SSSR count). The molecule has 0 aromatic heterocycles. The molecule has 108 valence electrons. The van der Waals surface area contributed by atoms with Crippen LogP contribution in [0.15, 0.2) is 51.9 Å². The molecule has 2 aromatic carbocycles. The maximum Gasteiger partial charge on any atom is 0.223 e. The minimum absolute atomic E-state index is 0.0195. The van der Waals surface area contributed by atoms with Crippen LogP contribution in [0.4, 0.5) is 8.78 Å². The molecule has 0 amide bonds. The minimum Gasteiger partial charge on any atom is -0.472 e. The zero-order valence-electron chi connectivity index (χ0n) is 11.2. The number of hydrogen-bond acceptors (Lipinski definition) is 2. The van der Waals surface area contributed by atoms with E-state index in [1.165, 1.54) is 18.2 Å². The molecule has 0 saturated carbocycles. The van der Waals surface area contributed by atoms with Crippen molar-refractivity contribution in [2.45, 2.75) is 19.1 Å². The number of hydrogen-bond donors (Lipinski definition) is 0. The fourth-order valence-corrected chi connectivity index (χ4v) is 2.60. The van der Waals surface area contributed by atoms with Crippen LogP contribution in [0.5, 0.6) is 0 Å². The number of benzene rings is 2. The number of rotatable bonds is 2. The third-order valence-electron chi connectivity index (χ3n) is 3.39. The Hall–Kier alpha value is -1.75. The molecule has 2 nitrogen and oxygen atoms in total. The van der Waals surface area contributed by atoms with Gasteiger partial charge in [-0.15, -0.1) is 0 Å². The van der Waals surface area contributed by atoms with Gasteiger partial charge in [0.15, 0.2) is 0 Å². The Labute approximate surface area is 129 Å². The molecule has 0 bridgehead atoms. The second-order valence-electron chi connectivity index (χ2n) is 4.85. The van der Waals surface area contributed by atoms with Crippen molar-refractivity contribution in [3.05, 3.63) is 69.7 Å². The number of aliphatic imine (C=N–C) groups is 1. The van der Waals surface area contributed by atoms with Crippen molar-refractivity contribution in [3.8, 4) is 0 Å². The van der Waals surface area contributed by atoms with Gasteiger partial charge < -0.3 is 4.74 Å². The summed E-state index contributed by atoms with van der Waals surface area (Å²) in [5.41, 5.74) is 0.737. The molecule has 2 aromatic rings. The largest absolute Gasteiger partial charge is 0.472 e. The maximum atomic E-state index is 13.8. The quantitative estimate of drug-likeness (QED) is 0.772. The Morgan fingerprint density at radius 2 is 1.67 bits per heavy atom. The zero-order chi connectivity index (χ0) is 15.0. The molecule has 21 heavy (non-hydrogen) atoms. The summed E-state index contributed by atoms with van der Waals surface area (Å²) in [6, 6.07) is 11.1. The predicted molar refractivity (Wildman–Crippen MR) is 80.3 cm³/mol. The molecule has 1 heterocycles. The van der Waals surface area contributed by atoms with Gasteiger partial charge >= 0.3 is 0 Å². The second-order valence-corrected chi connectivity index (χ2v) is 5.77. The molecule has 0 unspecified atom stereocenters. The van der Waals surface area contributed by atoms with Crippen molar-refractivity contribution in [2.24, 2.45) is 4.99 Å². The van der Waals surface area contributed by atoms with Gasteiger partial charge in [0, 0.05) is 4.47 Å². The first-order chi connectivity index (χ1) is 10.1. The van der Waals surface area contributed by atoms with Crippen molar-refractivity contribution in [3.63, 3.8) is 0 Å². The highest BCUT2D eigenvalue weighted by Gasteiger charge is 2.31.